The highest BCUT2D eigenvalue weighted by atomic mass is 32.3. The fraction of sp³-hybridized carbons (Fsp3) is 0.900. The third-order valence-corrected chi connectivity index (χ3v) is 3.81. The van der Waals surface area contributed by atoms with E-state index < -0.39 is 21.9 Å². The van der Waals surface area contributed by atoms with Gasteiger partial charge in [0.2, 0.25) is 5.91 Å². The van der Waals surface area contributed by atoms with Crippen LogP contribution in [0.25, 0.3) is 0 Å². The summed E-state index contributed by atoms with van der Waals surface area (Å²) in [6.07, 6.45) is 0.831. The average Bonchev–Trinajstić information content (AvgIpc) is 2.53. The van der Waals surface area contributed by atoms with Crippen LogP contribution >= 0.6 is 0 Å². The summed E-state index contributed by atoms with van der Waals surface area (Å²) in [6.45, 7) is 2.64. The van der Waals surface area contributed by atoms with Gasteiger partial charge in [-0.1, -0.05) is 6.92 Å². The van der Waals surface area contributed by atoms with E-state index in [0.29, 0.717) is 13.2 Å². The number of halogens is 1. The lowest BCUT2D eigenvalue weighted by molar-refractivity contribution is -0.130. The Kier molecular flexibility index (Phi) is 4.88. The highest BCUT2D eigenvalue weighted by molar-refractivity contribution is 7.86. The van der Waals surface area contributed by atoms with Gasteiger partial charge in [0.05, 0.1) is 18.4 Å². The molecule has 5 nitrogen and oxygen atoms in total. The van der Waals surface area contributed by atoms with Crippen molar-refractivity contribution in [1.29, 1.82) is 0 Å². The van der Waals surface area contributed by atoms with Crippen LogP contribution in [0.15, 0.2) is 0 Å². The summed E-state index contributed by atoms with van der Waals surface area (Å²) in [5.41, 5.74) is 0. The first kappa shape index (κ1) is 14.4. The number of hydrogen-bond donors (Lipinski definition) is 0. The Morgan fingerprint density at radius 3 is 2.71 bits per heavy atom. The molecule has 1 saturated heterocycles. The van der Waals surface area contributed by atoms with Gasteiger partial charge in [-0.15, -0.1) is 3.89 Å². The number of ether oxygens (including phenoxy) is 1. The molecule has 0 aromatic heterocycles. The third kappa shape index (κ3) is 4.23. The van der Waals surface area contributed by atoms with E-state index in [4.69, 9.17) is 4.74 Å². The van der Waals surface area contributed by atoms with E-state index in [1.807, 2.05) is 6.92 Å². The van der Waals surface area contributed by atoms with E-state index in [1.165, 1.54) is 0 Å². The Hall–Kier alpha value is -0.690. The van der Waals surface area contributed by atoms with Gasteiger partial charge < -0.3 is 9.64 Å². The number of hydrogen-bond acceptors (Lipinski definition) is 4. The summed E-state index contributed by atoms with van der Waals surface area (Å²) in [5.74, 6) is -1.13. The number of amides is 1. The first-order valence-corrected chi connectivity index (χ1v) is 7.13. The number of carbonyl (C=O) groups is 1. The van der Waals surface area contributed by atoms with Crippen molar-refractivity contribution in [2.75, 3.05) is 26.0 Å². The van der Waals surface area contributed by atoms with E-state index in [0.717, 1.165) is 6.42 Å². The van der Waals surface area contributed by atoms with Gasteiger partial charge >= 0.3 is 10.2 Å². The molecule has 1 aliphatic rings. The van der Waals surface area contributed by atoms with Gasteiger partial charge in [-0.05, 0) is 6.42 Å². The molecule has 0 aliphatic carbocycles. The van der Waals surface area contributed by atoms with E-state index in [-0.39, 0.29) is 18.4 Å². The molecule has 0 aromatic carbocycles. The summed E-state index contributed by atoms with van der Waals surface area (Å²) < 4.78 is 38.6. The number of carbonyl (C=O) groups excluding carboxylic acids is 1. The third-order valence-electron chi connectivity index (χ3n) is 2.94. The lowest BCUT2D eigenvalue weighted by Crippen LogP contribution is -2.39. The molecule has 1 heterocycles. The van der Waals surface area contributed by atoms with Crippen LogP contribution < -0.4 is 0 Å². The Balaban J connectivity index is 2.63. The number of methoxy groups -OCH3 is 1. The van der Waals surface area contributed by atoms with Crippen molar-refractivity contribution in [2.45, 2.75) is 25.8 Å². The van der Waals surface area contributed by atoms with Crippen LogP contribution in [-0.4, -0.2) is 51.3 Å². The SMILES string of the molecule is CCC(COC)N1CC(CS(=O)(=O)F)CC1=O. The van der Waals surface area contributed by atoms with Crippen LogP contribution in [-0.2, 0) is 19.8 Å². The molecule has 1 amide bonds. The largest absolute Gasteiger partial charge is 0.383 e. The first-order chi connectivity index (χ1) is 7.87. The predicted octanol–water partition coefficient (Wildman–Crippen LogP) is 0.559. The van der Waals surface area contributed by atoms with Crippen molar-refractivity contribution < 1.29 is 21.8 Å². The second-order valence-corrected chi connectivity index (χ2v) is 5.75. The van der Waals surface area contributed by atoms with Gasteiger partial charge in [-0.2, -0.15) is 8.42 Å². The van der Waals surface area contributed by atoms with Crippen molar-refractivity contribution in [2.24, 2.45) is 5.92 Å². The minimum atomic E-state index is -4.51. The Morgan fingerprint density at radius 1 is 1.59 bits per heavy atom. The standard InChI is InChI=1S/C10H18FNO4S/c1-3-9(6-16-2)12-5-8(4-10(12)13)7-17(11,14)15/h8-9H,3-7H2,1-2H3. The van der Waals surface area contributed by atoms with Gasteiger partial charge in [-0.3, -0.25) is 4.79 Å². The van der Waals surface area contributed by atoms with Crippen LogP contribution in [0.5, 0.6) is 0 Å². The zero-order valence-corrected chi connectivity index (χ0v) is 10.9. The van der Waals surface area contributed by atoms with Crippen LogP contribution in [0.4, 0.5) is 3.89 Å². The second-order valence-electron chi connectivity index (χ2n) is 4.34. The summed E-state index contributed by atoms with van der Waals surface area (Å²) in [5, 5.41) is 0. The Morgan fingerprint density at radius 2 is 2.24 bits per heavy atom. The molecule has 0 radical (unpaired) electrons. The number of likely N-dealkylation sites (tertiary alicyclic amines) is 1. The van der Waals surface area contributed by atoms with E-state index in [2.05, 4.69) is 0 Å². The van der Waals surface area contributed by atoms with Crippen LogP contribution in [0.3, 0.4) is 0 Å². The molecule has 1 fully saturated rings. The minimum Gasteiger partial charge on any atom is -0.383 e. The molecule has 100 valence electrons. The molecule has 1 rings (SSSR count). The van der Waals surface area contributed by atoms with Gasteiger partial charge in [0.1, 0.15) is 0 Å². The molecule has 0 saturated carbocycles. The topological polar surface area (TPSA) is 63.7 Å². The molecule has 0 N–H and O–H groups in total. The van der Waals surface area contributed by atoms with Gasteiger partial charge in [0, 0.05) is 26.0 Å². The van der Waals surface area contributed by atoms with Crippen molar-refractivity contribution >= 4 is 16.1 Å². The minimum absolute atomic E-state index is 0.0557. The van der Waals surface area contributed by atoms with E-state index in [1.54, 1.807) is 12.0 Å². The van der Waals surface area contributed by atoms with Crippen LogP contribution in [0, 0.1) is 5.92 Å². The van der Waals surface area contributed by atoms with E-state index in [9.17, 15) is 17.1 Å². The highest BCUT2D eigenvalue weighted by Gasteiger charge is 2.35. The number of nitrogens with zero attached hydrogens (tertiary/aromatic N) is 1. The molecule has 2 unspecified atom stereocenters. The van der Waals surface area contributed by atoms with Gasteiger partial charge in [-0.25, -0.2) is 0 Å². The normalized spacial score (nSPS) is 23.1. The fourth-order valence-corrected chi connectivity index (χ4v) is 2.96. The smallest absolute Gasteiger partial charge is 0.302 e. The summed E-state index contributed by atoms with van der Waals surface area (Å²) in [7, 11) is -2.96. The maximum Gasteiger partial charge on any atom is 0.302 e. The molecular weight excluding hydrogens is 249 g/mol. The lowest BCUT2D eigenvalue weighted by Gasteiger charge is -2.26. The van der Waals surface area contributed by atoms with Crippen LogP contribution in [0.1, 0.15) is 19.8 Å². The van der Waals surface area contributed by atoms with Crippen molar-refractivity contribution in [3.05, 3.63) is 0 Å². The molecule has 0 spiro atoms. The first-order valence-electron chi connectivity index (χ1n) is 5.58. The van der Waals surface area contributed by atoms with Gasteiger partial charge in [0.25, 0.3) is 0 Å². The fourth-order valence-electron chi connectivity index (χ4n) is 2.18. The summed E-state index contributed by atoms with van der Waals surface area (Å²) >= 11 is 0. The van der Waals surface area contributed by atoms with Crippen molar-refractivity contribution in [1.82, 2.24) is 4.90 Å². The summed E-state index contributed by atoms with van der Waals surface area (Å²) in [6, 6.07) is -0.0557. The Labute approximate surface area is 101 Å². The Bertz CT molecular complexity index is 371. The molecule has 0 bridgehead atoms. The molecule has 0 aromatic rings. The van der Waals surface area contributed by atoms with Crippen molar-refractivity contribution in [3.63, 3.8) is 0 Å². The average molecular weight is 267 g/mol. The zero-order valence-electron chi connectivity index (χ0n) is 10.1. The van der Waals surface area contributed by atoms with E-state index >= 15 is 0 Å². The second kappa shape index (κ2) is 5.77. The van der Waals surface area contributed by atoms with Crippen molar-refractivity contribution in [3.8, 4) is 0 Å². The highest BCUT2D eigenvalue weighted by Crippen LogP contribution is 2.23. The maximum absolute atomic E-state index is 12.5. The quantitative estimate of drug-likeness (QED) is 0.660. The maximum atomic E-state index is 12.5. The molecule has 2 atom stereocenters. The molecule has 7 heteroatoms. The summed E-state index contributed by atoms with van der Waals surface area (Å²) in [4.78, 5) is 13.3. The monoisotopic (exact) mass is 267 g/mol. The zero-order chi connectivity index (χ0) is 13.1. The van der Waals surface area contributed by atoms with Crippen LogP contribution in [0.2, 0.25) is 0 Å². The van der Waals surface area contributed by atoms with Gasteiger partial charge in [0.15, 0.2) is 0 Å². The molecule has 1 aliphatic heterocycles. The lowest BCUT2D eigenvalue weighted by atomic mass is 10.1. The molecule has 17 heavy (non-hydrogen) atoms. The molecular formula is C10H18FNO4S. The predicted molar refractivity (Wildman–Crippen MR) is 60.7 cm³/mol. The number of rotatable bonds is 6.